The van der Waals surface area contributed by atoms with Crippen molar-refractivity contribution in [1.82, 2.24) is 4.98 Å². The van der Waals surface area contributed by atoms with Crippen LogP contribution in [0.4, 0.5) is 10.2 Å². The molecule has 0 aliphatic rings. The van der Waals surface area contributed by atoms with Crippen molar-refractivity contribution in [2.24, 2.45) is 0 Å². The van der Waals surface area contributed by atoms with Gasteiger partial charge in [0.25, 0.3) is 0 Å². The average Bonchev–Trinajstić information content (AvgIpc) is 2.46. The SMILES string of the molecule is CC(C)c1c(N)nc2cc(O)ccc2c1-c1ccc(F)cc1. The summed E-state index contributed by atoms with van der Waals surface area (Å²) in [6.07, 6.45) is 0. The van der Waals surface area contributed by atoms with Crippen LogP contribution in [0.3, 0.4) is 0 Å². The molecule has 0 saturated heterocycles. The van der Waals surface area contributed by atoms with Crippen LogP contribution in [0.1, 0.15) is 25.3 Å². The molecule has 0 unspecified atom stereocenters. The lowest BCUT2D eigenvalue weighted by Crippen LogP contribution is -2.03. The molecule has 3 N–H and O–H groups in total. The van der Waals surface area contributed by atoms with Gasteiger partial charge in [-0.2, -0.15) is 0 Å². The predicted octanol–water partition coefficient (Wildman–Crippen LogP) is 4.45. The van der Waals surface area contributed by atoms with Gasteiger partial charge >= 0.3 is 0 Å². The van der Waals surface area contributed by atoms with Gasteiger partial charge in [0.15, 0.2) is 0 Å². The Hall–Kier alpha value is -2.62. The van der Waals surface area contributed by atoms with E-state index in [1.807, 2.05) is 19.9 Å². The number of phenols is 1. The van der Waals surface area contributed by atoms with Crippen LogP contribution in [0.15, 0.2) is 42.5 Å². The summed E-state index contributed by atoms with van der Waals surface area (Å²) in [6, 6.07) is 11.4. The number of aromatic hydroxyl groups is 1. The Balaban J connectivity index is 2.42. The maximum atomic E-state index is 13.2. The minimum Gasteiger partial charge on any atom is -0.508 e. The number of fused-ring (bicyclic) bond motifs is 1. The van der Waals surface area contributed by atoms with E-state index in [-0.39, 0.29) is 17.5 Å². The van der Waals surface area contributed by atoms with E-state index in [9.17, 15) is 9.50 Å². The Labute approximate surface area is 128 Å². The Morgan fingerprint density at radius 1 is 1.09 bits per heavy atom. The van der Waals surface area contributed by atoms with E-state index < -0.39 is 0 Å². The van der Waals surface area contributed by atoms with Crippen molar-refractivity contribution in [3.8, 4) is 16.9 Å². The number of halogens is 1. The molecule has 0 spiro atoms. The largest absolute Gasteiger partial charge is 0.508 e. The first-order valence-corrected chi connectivity index (χ1v) is 7.15. The van der Waals surface area contributed by atoms with Gasteiger partial charge < -0.3 is 10.8 Å². The van der Waals surface area contributed by atoms with Crippen LogP contribution in [-0.4, -0.2) is 10.1 Å². The molecule has 22 heavy (non-hydrogen) atoms. The molecule has 3 rings (SSSR count). The van der Waals surface area contributed by atoms with Crippen LogP contribution in [0.5, 0.6) is 5.75 Å². The van der Waals surface area contributed by atoms with Crippen molar-refractivity contribution in [1.29, 1.82) is 0 Å². The lowest BCUT2D eigenvalue weighted by Gasteiger charge is -2.18. The van der Waals surface area contributed by atoms with E-state index in [0.29, 0.717) is 11.3 Å². The molecule has 0 radical (unpaired) electrons. The lowest BCUT2D eigenvalue weighted by atomic mass is 9.90. The first kappa shape index (κ1) is 14.3. The van der Waals surface area contributed by atoms with E-state index >= 15 is 0 Å². The zero-order valence-electron chi connectivity index (χ0n) is 12.5. The molecular weight excluding hydrogens is 279 g/mol. The molecule has 0 aliphatic heterocycles. The minimum atomic E-state index is -0.279. The molecule has 3 aromatic rings. The number of rotatable bonds is 2. The van der Waals surface area contributed by atoms with Crippen LogP contribution in [0.25, 0.3) is 22.0 Å². The summed E-state index contributed by atoms with van der Waals surface area (Å²) in [5.41, 5.74) is 9.53. The van der Waals surface area contributed by atoms with Crippen molar-refractivity contribution < 1.29 is 9.50 Å². The van der Waals surface area contributed by atoms with E-state index in [1.54, 1.807) is 24.3 Å². The fraction of sp³-hybridized carbons (Fsp3) is 0.167. The summed E-state index contributed by atoms with van der Waals surface area (Å²) in [5.74, 6) is 0.471. The van der Waals surface area contributed by atoms with Gasteiger partial charge in [0, 0.05) is 17.0 Å². The Bertz CT molecular complexity index is 842. The second-order valence-electron chi connectivity index (χ2n) is 5.65. The van der Waals surface area contributed by atoms with Gasteiger partial charge in [0.05, 0.1) is 5.52 Å². The molecule has 0 amide bonds. The molecule has 0 saturated carbocycles. The third kappa shape index (κ3) is 2.37. The van der Waals surface area contributed by atoms with Crippen molar-refractivity contribution in [3.05, 3.63) is 53.8 Å². The molecule has 2 aromatic carbocycles. The molecule has 3 nitrogen and oxygen atoms in total. The molecular formula is C18H17FN2O. The number of hydrogen-bond acceptors (Lipinski definition) is 3. The molecule has 0 bridgehead atoms. The van der Waals surface area contributed by atoms with Gasteiger partial charge in [-0.3, -0.25) is 0 Å². The van der Waals surface area contributed by atoms with Gasteiger partial charge in [0.1, 0.15) is 17.4 Å². The minimum absolute atomic E-state index is 0.141. The predicted molar refractivity (Wildman–Crippen MR) is 87.3 cm³/mol. The summed E-state index contributed by atoms with van der Waals surface area (Å²) in [5, 5.41) is 10.6. The van der Waals surface area contributed by atoms with Crippen molar-refractivity contribution >= 4 is 16.7 Å². The monoisotopic (exact) mass is 296 g/mol. The van der Waals surface area contributed by atoms with Gasteiger partial charge in [-0.15, -0.1) is 0 Å². The van der Waals surface area contributed by atoms with E-state index in [4.69, 9.17) is 5.73 Å². The van der Waals surface area contributed by atoms with E-state index in [1.165, 1.54) is 12.1 Å². The molecule has 1 aromatic heterocycles. The maximum absolute atomic E-state index is 13.2. The number of aromatic nitrogens is 1. The van der Waals surface area contributed by atoms with Crippen LogP contribution in [-0.2, 0) is 0 Å². The molecule has 0 atom stereocenters. The Morgan fingerprint density at radius 2 is 1.77 bits per heavy atom. The number of phenolic OH excluding ortho intramolecular Hbond substituents is 1. The normalized spacial score (nSPS) is 11.3. The van der Waals surface area contributed by atoms with Crippen molar-refractivity contribution in [2.75, 3.05) is 5.73 Å². The third-order valence-corrected chi connectivity index (χ3v) is 3.75. The third-order valence-electron chi connectivity index (χ3n) is 3.75. The quantitative estimate of drug-likeness (QED) is 0.734. The summed E-state index contributed by atoms with van der Waals surface area (Å²) >= 11 is 0. The second-order valence-corrected chi connectivity index (χ2v) is 5.65. The van der Waals surface area contributed by atoms with Crippen molar-refractivity contribution in [3.63, 3.8) is 0 Å². The van der Waals surface area contributed by atoms with E-state index in [0.717, 1.165) is 22.1 Å². The molecule has 1 heterocycles. The Kier molecular flexibility index (Phi) is 3.45. The number of pyridine rings is 1. The number of nitrogens with two attached hydrogens (primary N) is 1. The highest BCUT2D eigenvalue weighted by atomic mass is 19.1. The summed E-state index contributed by atoms with van der Waals surface area (Å²) in [4.78, 5) is 4.41. The van der Waals surface area contributed by atoms with Crippen LogP contribution in [0, 0.1) is 5.82 Å². The number of nitrogens with zero attached hydrogens (tertiary/aromatic N) is 1. The van der Waals surface area contributed by atoms with Crippen LogP contribution < -0.4 is 5.73 Å². The highest BCUT2D eigenvalue weighted by molar-refractivity contribution is 5.99. The smallest absolute Gasteiger partial charge is 0.128 e. The fourth-order valence-electron chi connectivity index (χ4n) is 2.80. The van der Waals surface area contributed by atoms with Gasteiger partial charge in [0.2, 0.25) is 0 Å². The van der Waals surface area contributed by atoms with Crippen LogP contribution in [0.2, 0.25) is 0 Å². The van der Waals surface area contributed by atoms with Gasteiger partial charge in [-0.25, -0.2) is 9.37 Å². The Morgan fingerprint density at radius 3 is 2.41 bits per heavy atom. The highest BCUT2D eigenvalue weighted by Gasteiger charge is 2.18. The van der Waals surface area contributed by atoms with Crippen molar-refractivity contribution in [2.45, 2.75) is 19.8 Å². The van der Waals surface area contributed by atoms with E-state index in [2.05, 4.69) is 4.98 Å². The number of hydrogen-bond donors (Lipinski definition) is 2. The summed E-state index contributed by atoms with van der Waals surface area (Å²) in [7, 11) is 0. The highest BCUT2D eigenvalue weighted by Crippen LogP contribution is 2.39. The number of anilines is 1. The fourth-order valence-corrected chi connectivity index (χ4v) is 2.80. The first-order valence-electron chi connectivity index (χ1n) is 7.15. The zero-order chi connectivity index (χ0) is 15.9. The maximum Gasteiger partial charge on any atom is 0.128 e. The summed E-state index contributed by atoms with van der Waals surface area (Å²) in [6.45, 7) is 4.10. The lowest BCUT2D eigenvalue weighted by molar-refractivity contribution is 0.476. The zero-order valence-corrected chi connectivity index (χ0v) is 12.5. The first-order chi connectivity index (χ1) is 10.5. The number of nitrogen functional groups attached to an aromatic ring is 1. The van der Waals surface area contributed by atoms with Gasteiger partial charge in [-0.05, 0) is 41.3 Å². The molecule has 112 valence electrons. The molecule has 0 fully saturated rings. The summed E-state index contributed by atoms with van der Waals surface area (Å²) < 4.78 is 13.2. The van der Waals surface area contributed by atoms with Crippen LogP contribution >= 0.6 is 0 Å². The van der Waals surface area contributed by atoms with Gasteiger partial charge in [-0.1, -0.05) is 26.0 Å². The molecule has 0 aliphatic carbocycles. The number of benzene rings is 2. The standard InChI is InChI=1S/C18H17FN2O/c1-10(2)16-17(11-3-5-12(19)6-4-11)14-8-7-13(22)9-15(14)21-18(16)20/h3-10,22H,1-2H3,(H2,20,21). The second kappa shape index (κ2) is 5.30. The topological polar surface area (TPSA) is 59.1 Å². The average molecular weight is 296 g/mol. The molecule has 4 heteroatoms.